The lowest BCUT2D eigenvalue weighted by atomic mass is 9.95. The number of benzene rings is 2. The molecule has 0 unspecified atom stereocenters. The number of hydrogen-bond donors (Lipinski definition) is 5. The van der Waals surface area contributed by atoms with Gasteiger partial charge in [0.05, 0.1) is 7.11 Å². The summed E-state index contributed by atoms with van der Waals surface area (Å²) in [7, 11) is 1.30. The molecule has 1 heterocycles. The van der Waals surface area contributed by atoms with Gasteiger partial charge in [-0.15, -0.1) is 0 Å². The standard InChI is InChI=1S/C23H20BrN3O8/c1-10-3-5-11(6-4-10)26-16(28)9-35-15-8-13(24)12(7-14(15)34-2)17-18(22(30)31)20(25)27-21(29)19(17)23(32)33/h3-8H,9H2,1-2H3,(H,26,28)(H,30,31)(H,32,33)(H3,25,27,29). The molecule has 2 aromatic carbocycles. The van der Waals surface area contributed by atoms with Gasteiger partial charge >= 0.3 is 11.9 Å². The molecule has 0 bridgehead atoms. The molecule has 1 amide bonds. The number of H-pyrrole nitrogens is 1. The van der Waals surface area contributed by atoms with Gasteiger partial charge in [-0.3, -0.25) is 9.59 Å². The monoisotopic (exact) mass is 545 g/mol. The maximum absolute atomic E-state index is 12.3. The number of anilines is 2. The van der Waals surface area contributed by atoms with Gasteiger partial charge in [-0.1, -0.05) is 33.6 Å². The molecule has 3 aromatic rings. The summed E-state index contributed by atoms with van der Waals surface area (Å²) in [6.45, 7) is 1.54. The van der Waals surface area contributed by atoms with Crippen molar-refractivity contribution < 1.29 is 34.1 Å². The quantitative estimate of drug-likeness (QED) is 0.284. The third-order valence-electron chi connectivity index (χ3n) is 4.89. The molecule has 182 valence electrons. The topological polar surface area (TPSA) is 181 Å². The second-order valence-electron chi connectivity index (χ2n) is 7.29. The maximum atomic E-state index is 12.3. The summed E-state index contributed by atoms with van der Waals surface area (Å²) >= 11 is 3.26. The molecule has 0 saturated heterocycles. The Balaban J connectivity index is 2.00. The van der Waals surface area contributed by atoms with E-state index in [1.807, 2.05) is 24.0 Å². The number of carbonyl (C=O) groups is 3. The first-order valence-electron chi connectivity index (χ1n) is 9.93. The Hall–Kier alpha value is -4.32. The molecule has 12 heteroatoms. The summed E-state index contributed by atoms with van der Waals surface area (Å²) in [4.78, 5) is 50.3. The van der Waals surface area contributed by atoms with E-state index in [0.29, 0.717) is 5.69 Å². The molecule has 3 rings (SSSR count). The summed E-state index contributed by atoms with van der Waals surface area (Å²) in [6, 6.07) is 9.81. The number of methoxy groups -OCH3 is 1. The molecule has 0 aliphatic carbocycles. The van der Waals surface area contributed by atoms with Crippen molar-refractivity contribution >= 4 is 45.3 Å². The number of aromatic amines is 1. The van der Waals surface area contributed by atoms with Gasteiger partial charge in [0, 0.05) is 21.3 Å². The molecule has 0 aliphatic heterocycles. The van der Waals surface area contributed by atoms with Crippen LogP contribution in [0.5, 0.6) is 11.5 Å². The molecular weight excluding hydrogens is 526 g/mol. The zero-order valence-corrected chi connectivity index (χ0v) is 20.1. The van der Waals surface area contributed by atoms with Crippen molar-refractivity contribution in [3.05, 3.63) is 67.9 Å². The SMILES string of the molecule is COc1cc(-c2c(C(=O)O)c(N)[nH]c(=O)c2C(=O)O)c(Br)cc1OCC(=O)Nc1ccc(C)cc1. The van der Waals surface area contributed by atoms with E-state index in [-0.39, 0.29) is 28.1 Å². The number of aromatic nitrogens is 1. The number of nitrogens with two attached hydrogens (primary N) is 1. The summed E-state index contributed by atoms with van der Waals surface area (Å²) in [6.07, 6.45) is 0. The summed E-state index contributed by atoms with van der Waals surface area (Å²) in [5.41, 5.74) is 4.41. The Bertz CT molecular complexity index is 1380. The minimum absolute atomic E-state index is 0.00547. The zero-order valence-electron chi connectivity index (χ0n) is 18.5. The lowest BCUT2D eigenvalue weighted by molar-refractivity contribution is -0.118. The molecule has 0 radical (unpaired) electrons. The number of amides is 1. The molecule has 6 N–H and O–H groups in total. The molecule has 0 saturated carbocycles. The van der Waals surface area contributed by atoms with Crippen LogP contribution in [-0.2, 0) is 4.79 Å². The van der Waals surface area contributed by atoms with Gasteiger partial charge in [-0.05, 0) is 31.2 Å². The fourth-order valence-electron chi connectivity index (χ4n) is 3.29. The first kappa shape index (κ1) is 25.3. The number of rotatable bonds is 8. The van der Waals surface area contributed by atoms with E-state index < -0.39 is 45.9 Å². The van der Waals surface area contributed by atoms with Crippen molar-refractivity contribution in [3.8, 4) is 22.6 Å². The van der Waals surface area contributed by atoms with Gasteiger partial charge in [0.25, 0.3) is 11.5 Å². The van der Waals surface area contributed by atoms with Crippen molar-refractivity contribution in [2.75, 3.05) is 24.8 Å². The number of halogens is 1. The Morgan fingerprint density at radius 2 is 1.69 bits per heavy atom. The van der Waals surface area contributed by atoms with Gasteiger partial charge in [0.2, 0.25) is 0 Å². The number of hydrogen-bond acceptors (Lipinski definition) is 7. The van der Waals surface area contributed by atoms with Crippen LogP contribution in [0.15, 0.2) is 45.7 Å². The van der Waals surface area contributed by atoms with Crippen LogP contribution in [-0.4, -0.2) is 46.8 Å². The number of aryl methyl sites for hydroxylation is 1. The number of carboxylic acid groups (broad SMARTS) is 2. The second kappa shape index (κ2) is 10.3. The van der Waals surface area contributed by atoms with Gasteiger partial charge in [0.15, 0.2) is 18.1 Å². The molecule has 0 aliphatic rings. The van der Waals surface area contributed by atoms with Gasteiger partial charge < -0.3 is 35.7 Å². The van der Waals surface area contributed by atoms with E-state index in [2.05, 4.69) is 21.2 Å². The Labute approximate surface area is 206 Å². The molecule has 11 nitrogen and oxygen atoms in total. The van der Waals surface area contributed by atoms with Crippen LogP contribution >= 0.6 is 15.9 Å². The van der Waals surface area contributed by atoms with E-state index >= 15 is 0 Å². The third kappa shape index (κ3) is 5.44. The number of pyridine rings is 1. The number of nitrogen functional groups attached to an aromatic ring is 1. The van der Waals surface area contributed by atoms with E-state index in [9.17, 15) is 29.4 Å². The Morgan fingerprint density at radius 3 is 2.26 bits per heavy atom. The van der Waals surface area contributed by atoms with Crippen molar-refractivity contribution in [1.82, 2.24) is 4.98 Å². The van der Waals surface area contributed by atoms with Crippen LogP contribution < -0.4 is 26.1 Å². The Morgan fingerprint density at radius 1 is 1.06 bits per heavy atom. The van der Waals surface area contributed by atoms with Crippen LogP contribution in [0, 0.1) is 6.92 Å². The van der Waals surface area contributed by atoms with Crippen molar-refractivity contribution in [2.45, 2.75) is 6.92 Å². The largest absolute Gasteiger partial charge is 0.493 e. The number of aromatic carboxylic acids is 2. The molecular formula is C23H20BrN3O8. The first-order chi connectivity index (χ1) is 16.5. The first-order valence-corrected chi connectivity index (χ1v) is 10.7. The lowest BCUT2D eigenvalue weighted by Gasteiger charge is -2.17. The zero-order chi connectivity index (χ0) is 25.9. The van der Waals surface area contributed by atoms with Crippen LogP contribution in [0.25, 0.3) is 11.1 Å². The van der Waals surface area contributed by atoms with E-state index in [1.54, 1.807) is 12.1 Å². The number of ether oxygens (including phenoxy) is 2. The van der Waals surface area contributed by atoms with Gasteiger partial charge in [-0.2, -0.15) is 0 Å². The fourth-order valence-corrected chi connectivity index (χ4v) is 3.81. The van der Waals surface area contributed by atoms with Crippen LogP contribution in [0.4, 0.5) is 11.5 Å². The minimum Gasteiger partial charge on any atom is -0.493 e. The van der Waals surface area contributed by atoms with Crippen molar-refractivity contribution in [2.24, 2.45) is 0 Å². The number of nitrogens with one attached hydrogen (secondary N) is 2. The lowest BCUT2D eigenvalue weighted by Crippen LogP contribution is -2.24. The van der Waals surface area contributed by atoms with Crippen molar-refractivity contribution in [1.29, 1.82) is 0 Å². The summed E-state index contributed by atoms with van der Waals surface area (Å²) < 4.78 is 11.0. The highest BCUT2D eigenvalue weighted by Gasteiger charge is 2.28. The molecule has 0 atom stereocenters. The summed E-state index contributed by atoms with van der Waals surface area (Å²) in [5, 5.41) is 21.9. The van der Waals surface area contributed by atoms with Gasteiger partial charge in [-0.25, -0.2) is 9.59 Å². The van der Waals surface area contributed by atoms with Crippen LogP contribution in [0.3, 0.4) is 0 Å². The fraction of sp³-hybridized carbons (Fsp3) is 0.130. The highest BCUT2D eigenvalue weighted by atomic mass is 79.9. The molecule has 0 fully saturated rings. The number of carbonyl (C=O) groups excluding carboxylic acids is 1. The van der Waals surface area contributed by atoms with Crippen LogP contribution in [0.2, 0.25) is 0 Å². The third-order valence-corrected chi connectivity index (χ3v) is 5.55. The van der Waals surface area contributed by atoms with E-state index in [4.69, 9.17) is 15.2 Å². The average Bonchev–Trinajstić information content (AvgIpc) is 2.78. The summed E-state index contributed by atoms with van der Waals surface area (Å²) in [5.74, 6) is -3.99. The molecule has 1 aromatic heterocycles. The van der Waals surface area contributed by atoms with E-state index in [0.717, 1.165) is 5.56 Å². The average molecular weight is 546 g/mol. The second-order valence-corrected chi connectivity index (χ2v) is 8.14. The predicted molar refractivity (Wildman–Crippen MR) is 130 cm³/mol. The van der Waals surface area contributed by atoms with E-state index in [1.165, 1.54) is 19.2 Å². The highest BCUT2D eigenvalue weighted by Crippen LogP contribution is 2.41. The normalized spacial score (nSPS) is 10.5. The smallest absolute Gasteiger partial charge is 0.342 e. The van der Waals surface area contributed by atoms with Crippen molar-refractivity contribution in [3.63, 3.8) is 0 Å². The predicted octanol–water partition coefficient (Wildman–Crippen LogP) is 3.12. The highest BCUT2D eigenvalue weighted by molar-refractivity contribution is 9.10. The number of carboxylic acids is 2. The molecule has 35 heavy (non-hydrogen) atoms. The Kier molecular flexibility index (Phi) is 7.45. The maximum Gasteiger partial charge on any atom is 0.342 e. The van der Waals surface area contributed by atoms with Gasteiger partial charge in [0.1, 0.15) is 16.9 Å². The van der Waals surface area contributed by atoms with Crippen LogP contribution in [0.1, 0.15) is 26.3 Å². The minimum atomic E-state index is -1.65. The molecule has 0 spiro atoms.